The maximum absolute atomic E-state index is 12.5. The van der Waals surface area contributed by atoms with Gasteiger partial charge in [0, 0.05) is 13.0 Å². The number of hydrogen-bond acceptors (Lipinski definition) is 7. The molecule has 1 fully saturated rings. The molecule has 1 aromatic heterocycles. The third-order valence-electron chi connectivity index (χ3n) is 3.13. The molecule has 1 aromatic rings. The number of carbonyl (C=O) groups is 3. The van der Waals surface area contributed by atoms with Crippen LogP contribution in [0.1, 0.15) is 6.92 Å². The molecule has 0 saturated carbocycles. The lowest BCUT2D eigenvalue weighted by atomic mass is 10.1. The Labute approximate surface area is 140 Å². The van der Waals surface area contributed by atoms with Gasteiger partial charge in [-0.2, -0.15) is 13.8 Å². The van der Waals surface area contributed by atoms with Crippen LogP contribution in [0.2, 0.25) is 0 Å². The highest BCUT2D eigenvalue weighted by Crippen LogP contribution is 2.22. The molecule has 1 amide bonds. The van der Waals surface area contributed by atoms with Gasteiger partial charge in [-0.1, -0.05) is 6.07 Å². The van der Waals surface area contributed by atoms with Crippen molar-refractivity contribution in [2.45, 2.75) is 25.7 Å². The standard InChI is InChI=1S/C14H14F2N2O7/c1-7(19)24-11(13(21)22)10-12(20)18(5-6-23-10)8-3-2-4-9(17-8)25-14(15)16/h2-4,10-11,14H,5-6H2,1H3,(H,21,22)/t10-,11-/m1/s1. The van der Waals surface area contributed by atoms with Crippen LogP contribution >= 0.6 is 0 Å². The van der Waals surface area contributed by atoms with Crippen LogP contribution in [-0.4, -0.2) is 59.9 Å². The smallest absolute Gasteiger partial charge is 0.388 e. The van der Waals surface area contributed by atoms with Crippen LogP contribution in [0.4, 0.5) is 14.6 Å². The molecular formula is C14H14F2N2O7. The third-order valence-corrected chi connectivity index (χ3v) is 3.13. The number of aromatic nitrogens is 1. The Morgan fingerprint density at radius 2 is 2.16 bits per heavy atom. The Bertz CT molecular complexity index is 670. The molecule has 11 heteroatoms. The fourth-order valence-electron chi connectivity index (χ4n) is 2.18. The largest absolute Gasteiger partial charge is 0.478 e. The normalized spacial score (nSPS) is 18.8. The van der Waals surface area contributed by atoms with Crippen LogP contribution in [0.25, 0.3) is 0 Å². The Morgan fingerprint density at radius 1 is 1.44 bits per heavy atom. The first-order chi connectivity index (χ1) is 11.8. The van der Waals surface area contributed by atoms with Crippen molar-refractivity contribution in [3.8, 4) is 5.88 Å². The van der Waals surface area contributed by atoms with E-state index in [1.54, 1.807) is 0 Å². The molecule has 1 aliphatic rings. The molecule has 1 saturated heterocycles. The average Bonchev–Trinajstić information content (AvgIpc) is 2.52. The van der Waals surface area contributed by atoms with Crippen molar-refractivity contribution in [1.82, 2.24) is 4.98 Å². The molecule has 136 valence electrons. The summed E-state index contributed by atoms with van der Waals surface area (Å²) in [5.41, 5.74) is 0. The summed E-state index contributed by atoms with van der Waals surface area (Å²) in [4.78, 5) is 39.6. The Balaban J connectivity index is 2.24. The van der Waals surface area contributed by atoms with Crippen molar-refractivity contribution in [3.05, 3.63) is 18.2 Å². The van der Waals surface area contributed by atoms with Gasteiger partial charge in [0.05, 0.1) is 13.2 Å². The zero-order chi connectivity index (χ0) is 18.6. The molecule has 2 atom stereocenters. The molecule has 0 aliphatic carbocycles. The quantitative estimate of drug-likeness (QED) is 0.726. The summed E-state index contributed by atoms with van der Waals surface area (Å²) in [6, 6.07) is 3.88. The van der Waals surface area contributed by atoms with E-state index in [4.69, 9.17) is 9.84 Å². The fraction of sp³-hybridized carbons (Fsp3) is 0.429. The predicted octanol–water partition coefficient (Wildman–Crippen LogP) is 0.431. The molecule has 0 radical (unpaired) electrons. The van der Waals surface area contributed by atoms with E-state index in [9.17, 15) is 23.2 Å². The maximum Gasteiger partial charge on any atom is 0.388 e. The Hall–Kier alpha value is -2.82. The number of ether oxygens (including phenoxy) is 3. The van der Waals surface area contributed by atoms with Gasteiger partial charge in [0.25, 0.3) is 5.91 Å². The topological polar surface area (TPSA) is 115 Å². The average molecular weight is 360 g/mol. The van der Waals surface area contributed by atoms with E-state index in [-0.39, 0.29) is 19.0 Å². The molecule has 25 heavy (non-hydrogen) atoms. The van der Waals surface area contributed by atoms with E-state index < -0.39 is 42.5 Å². The minimum Gasteiger partial charge on any atom is -0.478 e. The van der Waals surface area contributed by atoms with Crippen molar-refractivity contribution in [3.63, 3.8) is 0 Å². The first kappa shape index (κ1) is 18.5. The fourth-order valence-corrected chi connectivity index (χ4v) is 2.18. The molecule has 1 aliphatic heterocycles. The molecule has 9 nitrogen and oxygen atoms in total. The van der Waals surface area contributed by atoms with Gasteiger partial charge in [-0.15, -0.1) is 0 Å². The molecule has 2 heterocycles. The zero-order valence-corrected chi connectivity index (χ0v) is 12.9. The number of carboxylic acids is 1. The van der Waals surface area contributed by atoms with E-state index in [1.807, 2.05) is 0 Å². The second kappa shape index (κ2) is 7.83. The van der Waals surface area contributed by atoms with Crippen LogP contribution in [0.15, 0.2) is 18.2 Å². The molecule has 0 aromatic carbocycles. The van der Waals surface area contributed by atoms with E-state index >= 15 is 0 Å². The minimum absolute atomic E-state index is 0.00682. The van der Waals surface area contributed by atoms with Crippen LogP contribution < -0.4 is 9.64 Å². The summed E-state index contributed by atoms with van der Waals surface area (Å²) < 4.78 is 38.5. The highest BCUT2D eigenvalue weighted by Gasteiger charge is 2.43. The van der Waals surface area contributed by atoms with Crippen LogP contribution in [0, 0.1) is 0 Å². The minimum atomic E-state index is -3.09. The van der Waals surface area contributed by atoms with Crippen molar-refractivity contribution in [2.75, 3.05) is 18.1 Å². The van der Waals surface area contributed by atoms with Crippen molar-refractivity contribution < 1.29 is 42.5 Å². The SMILES string of the molecule is CC(=O)O[C@@H](C(=O)O)[C@H]1OCCN(c2cccc(OC(F)F)n2)C1=O. The number of esters is 1. The van der Waals surface area contributed by atoms with Crippen LogP contribution in [-0.2, 0) is 23.9 Å². The highest BCUT2D eigenvalue weighted by molar-refractivity contribution is 6.00. The summed E-state index contributed by atoms with van der Waals surface area (Å²) in [5.74, 6) is -3.72. The van der Waals surface area contributed by atoms with E-state index in [0.717, 1.165) is 11.8 Å². The summed E-state index contributed by atoms with van der Waals surface area (Å²) in [6.45, 7) is -2.15. The number of pyridine rings is 1. The molecule has 0 spiro atoms. The summed E-state index contributed by atoms with van der Waals surface area (Å²) in [7, 11) is 0. The number of alkyl halides is 2. The highest BCUT2D eigenvalue weighted by atomic mass is 19.3. The van der Waals surface area contributed by atoms with Crippen molar-refractivity contribution in [1.29, 1.82) is 0 Å². The molecule has 0 bridgehead atoms. The van der Waals surface area contributed by atoms with Gasteiger partial charge in [0.2, 0.25) is 12.0 Å². The maximum atomic E-state index is 12.5. The number of nitrogens with zero attached hydrogens (tertiary/aromatic N) is 2. The zero-order valence-electron chi connectivity index (χ0n) is 12.9. The van der Waals surface area contributed by atoms with Crippen LogP contribution in [0.3, 0.4) is 0 Å². The van der Waals surface area contributed by atoms with Crippen molar-refractivity contribution in [2.24, 2.45) is 0 Å². The second-order valence-corrected chi connectivity index (χ2v) is 4.86. The number of carboxylic acid groups (broad SMARTS) is 1. The number of aliphatic carboxylic acids is 1. The molecule has 1 N–H and O–H groups in total. The lowest BCUT2D eigenvalue weighted by Gasteiger charge is -2.33. The first-order valence-electron chi connectivity index (χ1n) is 7.04. The van der Waals surface area contributed by atoms with Gasteiger partial charge in [-0.3, -0.25) is 14.5 Å². The second-order valence-electron chi connectivity index (χ2n) is 4.86. The van der Waals surface area contributed by atoms with E-state index in [0.29, 0.717) is 0 Å². The van der Waals surface area contributed by atoms with Crippen LogP contribution in [0.5, 0.6) is 5.88 Å². The Kier molecular flexibility index (Phi) is 5.80. The van der Waals surface area contributed by atoms with E-state index in [2.05, 4.69) is 14.5 Å². The van der Waals surface area contributed by atoms with Gasteiger partial charge in [0.15, 0.2) is 6.10 Å². The number of morpholine rings is 1. The summed E-state index contributed by atoms with van der Waals surface area (Å²) in [5, 5.41) is 9.15. The molecule has 0 unspecified atom stereocenters. The number of amides is 1. The van der Waals surface area contributed by atoms with Gasteiger partial charge in [-0.25, -0.2) is 4.79 Å². The first-order valence-corrected chi connectivity index (χ1v) is 7.04. The number of halogens is 2. The number of hydrogen-bond donors (Lipinski definition) is 1. The van der Waals surface area contributed by atoms with Gasteiger partial charge in [0.1, 0.15) is 5.82 Å². The Morgan fingerprint density at radius 3 is 2.76 bits per heavy atom. The third kappa shape index (κ3) is 4.59. The van der Waals surface area contributed by atoms with Gasteiger partial charge >= 0.3 is 18.6 Å². The number of anilines is 1. The van der Waals surface area contributed by atoms with Gasteiger partial charge in [-0.05, 0) is 6.07 Å². The molecule has 2 rings (SSSR count). The summed E-state index contributed by atoms with van der Waals surface area (Å²) in [6.07, 6.45) is -3.43. The summed E-state index contributed by atoms with van der Waals surface area (Å²) >= 11 is 0. The van der Waals surface area contributed by atoms with Crippen molar-refractivity contribution >= 4 is 23.7 Å². The predicted molar refractivity (Wildman–Crippen MR) is 76.2 cm³/mol. The lowest BCUT2D eigenvalue weighted by molar-refractivity contribution is -0.177. The molecular weight excluding hydrogens is 346 g/mol. The monoisotopic (exact) mass is 360 g/mol. The van der Waals surface area contributed by atoms with Gasteiger partial charge < -0.3 is 19.3 Å². The number of rotatable bonds is 6. The van der Waals surface area contributed by atoms with E-state index in [1.165, 1.54) is 18.2 Å². The lowest BCUT2D eigenvalue weighted by Crippen LogP contribution is -2.55. The number of carbonyl (C=O) groups excluding carboxylic acids is 2.